The monoisotopic (exact) mass is 309 g/mol. The Morgan fingerprint density at radius 3 is 2.74 bits per heavy atom. The number of carboxylic acid groups (broad SMARTS) is 1. The number of benzene rings is 2. The molecule has 0 aliphatic carbocycles. The number of carbonyl (C=O) groups is 1. The fourth-order valence-corrected chi connectivity index (χ4v) is 3.77. The van der Waals surface area contributed by atoms with Gasteiger partial charge in [0.1, 0.15) is 0 Å². The van der Waals surface area contributed by atoms with Crippen molar-refractivity contribution >= 4 is 11.7 Å². The Labute approximate surface area is 135 Å². The summed E-state index contributed by atoms with van der Waals surface area (Å²) in [6.07, 6.45) is 1.25. The van der Waals surface area contributed by atoms with Crippen molar-refractivity contribution in [2.45, 2.75) is 25.0 Å². The Morgan fingerprint density at radius 1 is 1.17 bits per heavy atom. The number of hydrogen-bond donors (Lipinski definition) is 2. The molecule has 0 amide bonds. The summed E-state index contributed by atoms with van der Waals surface area (Å²) in [6.45, 7) is 0.791. The Kier molecular flexibility index (Phi) is 3.54. The lowest BCUT2D eigenvalue weighted by Gasteiger charge is -2.36. The zero-order valence-electron chi connectivity index (χ0n) is 12.7. The number of fused-ring (bicyclic) bond motifs is 3. The van der Waals surface area contributed by atoms with Crippen LogP contribution in [0.25, 0.3) is 0 Å². The molecule has 0 aromatic heterocycles. The summed E-state index contributed by atoms with van der Waals surface area (Å²) in [6, 6.07) is 16.4. The first-order chi connectivity index (χ1) is 11.2. The van der Waals surface area contributed by atoms with Crippen LogP contribution in [-0.2, 0) is 16.0 Å². The minimum atomic E-state index is -0.799. The normalized spacial score (nSPS) is 25.3. The molecule has 2 aromatic rings. The van der Waals surface area contributed by atoms with E-state index in [1.54, 1.807) is 0 Å². The molecule has 3 atom stereocenters. The summed E-state index contributed by atoms with van der Waals surface area (Å²) in [5, 5.41) is 12.5. The van der Waals surface area contributed by atoms with Crippen LogP contribution in [0, 0.1) is 5.92 Å². The second-order valence-electron chi connectivity index (χ2n) is 6.27. The topological polar surface area (TPSA) is 58.6 Å². The third kappa shape index (κ3) is 2.59. The van der Waals surface area contributed by atoms with Crippen LogP contribution < -0.4 is 5.32 Å². The van der Waals surface area contributed by atoms with Gasteiger partial charge in [0.05, 0.1) is 18.6 Å². The minimum Gasteiger partial charge on any atom is -0.481 e. The molecule has 2 N–H and O–H groups in total. The van der Waals surface area contributed by atoms with Gasteiger partial charge < -0.3 is 15.2 Å². The molecule has 118 valence electrons. The van der Waals surface area contributed by atoms with Crippen LogP contribution in [0.1, 0.15) is 35.3 Å². The van der Waals surface area contributed by atoms with Gasteiger partial charge in [0.2, 0.25) is 0 Å². The van der Waals surface area contributed by atoms with E-state index >= 15 is 0 Å². The van der Waals surface area contributed by atoms with Crippen LogP contribution in [0.4, 0.5) is 5.69 Å². The molecular weight excluding hydrogens is 290 g/mol. The second-order valence-corrected chi connectivity index (χ2v) is 6.27. The number of rotatable bonds is 3. The average Bonchev–Trinajstić information content (AvgIpc) is 3.04. The Hall–Kier alpha value is -2.33. The van der Waals surface area contributed by atoms with E-state index in [9.17, 15) is 4.79 Å². The average molecular weight is 309 g/mol. The molecule has 4 rings (SSSR count). The van der Waals surface area contributed by atoms with Gasteiger partial charge in [0, 0.05) is 23.8 Å². The molecule has 1 fully saturated rings. The van der Waals surface area contributed by atoms with Gasteiger partial charge in [-0.25, -0.2) is 0 Å². The van der Waals surface area contributed by atoms with E-state index in [1.807, 2.05) is 30.3 Å². The predicted molar refractivity (Wildman–Crippen MR) is 87.4 cm³/mol. The van der Waals surface area contributed by atoms with Crippen LogP contribution >= 0.6 is 0 Å². The molecule has 4 nitrogen and oxygen atoms in total. The molecular formula is C19H19NO3. The van der Waals surface area contributed by atoms with Gasteiger partial charge in [-0.15, -0.1) is 0 Å². The molecule has 0 spiro atoms. The predicted octanol–water partition coefficient (Wildman–Crippen LogP) is 3.56. The van der Waals surface area contributed by atoms with E-state index in [0.29, 0.717) is 5.92 Å². The molecule has 2 aliphatic rings. The van der Waals surface area contributed by atoms with E-state index in [0.717, 1.165) is 24.3 Å². The smallest absolute Gasteiger partial charge is 0.307 e. The van der Waals surface area contributed by atoms with E-state index in [-0.39, 0.29) is 18.6 Å². The second kappa shape index (κ2) is 5.70. The van der Waals surface area contributed by atoms with Crippen molar-refractivity contribution < 1.29 is 14.6 Å². The van der Waals surface area contributed by atoms with Gasteiger partial charge in [-0.2, -0.15) is 0 Å². The third-order valence-corrected chi connectivity index (χ3v) is 4.84. The lowest BCUT2D eigenvalue weighted by molar-refractivity contribution is -0.136. The van der Waals surface area contributed by atoms with Gasteiger partial charge >= 0.3 is 5.97 Å². The molecule has 4 heteroatoms. The van der Waals surface area contributed by atoms with Crippen molar-refractivity contribution in [3.8, 4) is 0 Å². The zero-order chi connectivity index (χ0) is 15.8. The van der Waals surface area contributed by atoms with Crippen molar-refractivity contribution in [2.24, 2.45) is 5.92 Å². The maximum Gasteiger partial charge on any atom is 0.307 e. The van der Waals surface area contributed by atoms with Crippen molar-refractivity contribution in [2.75, 3.05) is 11.9 Å². The van der Waals surface area contributed by atoms with E-state index < -0.39 is 5.97 Å². The number of ether oxygens (including phenoxy) is 1. The van der Waals surface area contributed by atoms with Crippen LogP contribution in [0.15, 0.2) is 48.5 Å². The molecule has 2 heterocycles. The lowest BCUT2D eigenvalue weighted by Crippen LogP contribution is -2.29. The van der Waals surface area contributed by atoms with Gasteiger partial charge in [0.15, 0.2) is 0 Å². The van der Waals surface area contributed by atoms with E-state index in [4.69, 9.17) is 9.84 Å². The maximum atomic E-state index is 10.8. The summed E-state index contributed by atoms with van der Waals surface area (Å²) in [4.78, 5) is 10.8. The number of carboxylic acids is 1. The highest BCUT2D eigenvalue weighted by Gasteiger charge is 2.41. The summed E-state index contributed by atoms with van der Waals surface area (Å²) >= 11 is 0. The van der Waals surface area contributed by atoms with Gasteiger partial charge in [-0.3, -0.25) is 4.79 Å². The fourth-order valence-electron chi connectivity index (χ4n) is 3.77. The molecule has 2 aromatic carbocycles. The first-order valence-corrected chi connectivity index (χ1v) is 8.00. The fraction of sp³-hybridized carbons (Fsp3) is 0.316. The highest BCUT2D eigenvalue weighted by molar-refractivity contribution is 5.70. The molecule has 0 radical (unpaired) electrons. The Morgan fingerprint density at radius 2 is 1.96 bits per heavy atom. The summed E-state index contributed by atoms with van der Waals surface area (Å²) in [7, 11) is 0. The van der Waals surface area contributed by atoms with Gasteiger partial charge in [0.25, 0.3) is 0 Å². The summed E-state index contributed by atoms with van der Waals surface area (Å²) in [5.41, 5.74) is 4.40. The summed E-state index contributed by atoms with van der Waals surface area (Å²) < 4.78 is 5.99. The quantitative estimate of drug-likeness (QED) is 0.910. The third-order valence-electron chi connectivity index (χ3n) is 4.84. The Balaban J connectivity index is 1.65. The highest BCUT2D eigenvalue weighted by atomic mass is 16.5. The molecule has 0 bridgehead atoms. The van der Waals surface area contributed by atoms with Gasteiger partial charge in [-0.1, -0.05) is 42.5 Å². The molecule has 3 unspecified atom stereocenters. The van der Waals surface area contributed by atoms with E-state index in [2.05, 4.69) is 23.5 Å². The standard InChI is InChI=1S/C19H19NO3/c21-17(22)11-12-5-7-13(8-6-12)18-15-9-10-23-19(15)14-3-1-2-4-16(14)20-18/h1-8,15,18-20H,9-11H2,(H,21,22). The molecule has 23 heavy (non-hydrogen) atoms. The highest BCUT2D eigenvalue weighted by Crippen LogP contribution is 2.49. The number of nitrogens with one attached hydrogen (secondary N) is 1. The van der Waals surface area contributed by atoms with Crippen LogP contribution in [0.2, 0.25) is 0 Å². The minimum absolute atomic E-state index is 0.0658. The van der Waals surface area contributed by atoms with E-state index in [1.165, 1.54) is 11.1 Å². The van der Waals surface area contributed by atoms with Crippen molar-refractivity contribution in [3.05, 3.63) is 65.2 Å². The van der Waals surface area contributed by atoms with Crippen LogP contribution in [-0.4, -0.2) is 17.7 Å². The van der Waals surface area contributed by atoms with Crippen molar-refractivity contribution in [1.82, 2.24) is 0 Å². The van der Waals surface area contributed by atoms with Crippen molar-refractivity contribution in [1.29, 1.82) is 0 Å². The van der Waals surface area contributed by atoms with Gasteiger partial charge in [-0.05, 0) is 23.6 Å². The molecule has 0 saturated carbocycles. The number of para-hydroxylation sites is 1. The number of hydrogen-bond acceptors (Lipinski definition) is 3. The SMILES string of the molecule is O=C(O)Cc1ccc(C2Nc3ccccc3C3OCCC23)cc1. The molecule has 1 saturated heterocycles. The first-order valence-electron chi connectivity index (χ1n) is 8.00. The zero-order valence-corrected chi connectivity index (χ0v) is 12.7. The lowest BCUT2D eigenvalue weighted by atomic mass is 9.81. The van der Waals surface area contributed by atoms with Crippen LogP contribution in [0.5, 0.6) is 0 Å². The van der Waals surface area contributed by atoms with Crippen LogP contribution in [0.3, 0.4) is 0 Å². The number of aliphatic carboxylic acids is 1. The molecule has 2 aliphatic heterocycles. The Bertz CT molecular complexity index is 726. The van der Waals surface area contributed by atoms with Crippen molar-refractivity contribution in [3.63, 3.8) is 0 Å². The number of anilines is 1. The summed E-state index contributed by atoms with van der Waals surface area (Å²) in [5.74, 6) is -0.387. The first kappa shape index (κ1) is 14.3. The largest absolute Gasteiger partial charge is 0.481 e. The maximum absolute atomic E-state index is 10.8.